The Kier molecular flexibility index (Phi) is 4.19. The smallest absolute Gasteiger partial charge is 0.0218 e. The zero-order chi connectivity index (χ0) is 13.1. The Balaban J connectivity index is 1.59. The molecule has 0 spiro atoms. The monoisotopic (exact) mass is 258 g/mol. The molecule has 1 fully saturated rings. The van der Waals surface area contributed by atoms with Crippen LogP contribution in [0.3, 0.4) is 0 Å². The average molecular weight is 258 g/mol. The first kappa shape index (κ1) is 13.1. The first-order valence-electron chi connectivity index (χ1n) is 7.91. The molecule has 2 aliphatic rings. The van der Waals surface area contributed by atoms with Crippen molar-refractivity contribution < 1.29 is 0 Å². The van der Waals surface area contributed by atoms with Gasteiger partial charge in [0.25, 0.3) is 0 Å². The van der Waals surface area contributed by atoms with Gasteiger partial charge in [0.15, 0.2) is 0 Å². The molecule has 1 N–H and O–H groups in total. The van der Waals surface area contributed by atoms with Crippen molar-refractivity contribution in [3.63, 3.8) is 0 Å². The summed E-state index contributed by atoms with van der Waals surface area (Å²) >= 11 is 0. The summed E-state index contributed by atoms with van der Waals surface area (Å²) in [6.07, 6.45) is 6.48. The molecule has 19 heavy (non-hydrogen) atoms. The molecule has 1 atom stereocenters. The number of fused-ring (bicyclic) bond motifs is 1. The maximum absolute atomic E-state index is 3.70. The minimum Gasteiger partial charge on any atom is -0.312 e. The lowest BCUT2D eigenvalue weighted by molar-refractivity contribution is 0.194. The van der Waals surface area contributed by atoms with Crippen LogP contribution < -0.4 is 5.32 Å². The van der Waals surface area contributed by atoms with Crippen molar-refractivity contribution >= 4 is 0 Å². The van der Waals surface area contributed by atoms with Crippen LogP contribution in [-0.2, 0) is 12.8 Å². The molecule has 2 nitrogen and oxygen atoms in total. The van der Waals surface area contributed by atoms with E-state index in [9.17, 15) is 0 Å². The first-order valence-corrected chi connectivity index (χ1v) is 7.91. The molecule has 1 unspecified atom stereocenters. The van der Waals surface area contributed by atoms with Crippen molar-refractivity contribution in [2.45, 2.75) is 51.1 Å². The van der Waals surface area contributed by atoms with Gasteiger partial charge in [-0.2, -0.15) is 0 Å². The lowest BCUT2D eigenvalue weighted by Crippen LogP contribution is -2.43. The van der Waals surface area contributed by atoms with Gasteiger partial charge in [0.2, 0.25) is 0 Å². The highest BCUT2D eigenvalue weighted by Crippen LogP contribution is 2.20. The highest BCUT2D eigenvalue weighted by molar-refractivity contribution is 5.28. The first-order chi connectivity index (χ1) is 9.36. The molecule has 2 heteroatoms. The van der Waals surface area contributed by atoms with E-state index in [1.54, 1.807) is 11.1 Å². The van der Waals surface area contributed by atoms with Crippen molar-refractivity contribution in [1.29, 1.82) is 0 Å². The van der Waals surface area contributed by atoms with Gasteiger partial charge in [0.1, 0.15) is 0 Å². The van der Waals surface area contributed by atoms with Gasteiger partial charge in [-0.25, -0.2) is 0 Å². The topological polar surface area (TPSA) is 15.3 Å². The summed E-state index contributed by atoms with van der Waals surface area (Å²) in [5.41, 5.74) is 3.13. The number of benzene rings is 1. The fraction of sp³-hybridized carbons (Fsp3) is 0.647. The second-order valence-electron chi connectivity index (χ2n) is 6.05. The molecule has 1 aromatic carbocycles. The Morgan fingerprint density at radius 2 is 1.79 bits per heavy atom. The highest BCUT2D eigenvalue weighted by Gasteiger charge is 2.24. The second-order valence-corrected chi connectivity index (χ2v) is 6.05. The summed E-state index contributed by atoms with van der Waals surface area (Å²) in [5, 5.41) is 3.70. The molecule has 1 heterocycles. The summed E-state index contributed by atoms with van der Waals surface area (Å²) in [7, 11) is 0. The summed E-state index contributed by atoms with van der Waals surface area (Å²) in [6, 6.07) is 10.5. The van der Waals surface area contributed by atoms with Gasteiger partial charge in [-0.15, -0.1) is 0 Å². The minimum atomic E-state index is 0.718. The van der Waals surface area contributed by atoms with Gasteiger partial charge in [-0.05, 0) is 43.2 Å². The lowest BCUT2D eigenvalue weighted by atomic mass is 10.0. The molecule has 1 saturated carbocycles. The number of rotatable bonds is 5. The van der Waals surface area contributed by atoms with E-state index in [2.05, 4.69) is 41.4 Å². The Hall–Kier alpha value is -0.860. The summed E-state index contributed by atoms with van der Waals surface area (Å²) < 4.78 is 0. The number of hydrogen-bond donors (Lipinski definition) is 1. The molecule has 0 aromatic heterocycles. The fourth-order valence-corrected chi connectivity index (χ4v) is 3.17. The lowest BCUT2D eigenvalue weighted by Gasteiger charge is -2.30. The molecule has 0 bridgehead atoms. The van der Waals surface area contributed by atoms with Crippen LogP contribution in [0.5, 0.6) is 0 Å². The Bertz CT molecular complexity index is 384. The predicted octanol–water partition coefficient (Wildman–Crippen LogP) is 2.62. The molecular weight excluding hydrogens is 232 g/mol. The van der Waals surface area contributed by atoms with Crippen LogP contribution in [0.2, 0.25) is 0 Å². The van der Waals surface area contributed by atoms with E-state index in [0.29, 0.717) is 0 Å². The maximum Gasteiger partial charge on any atom is 0.0218 e. The zero-order valence-electron chi connectivity index (χ0n) is 12.1. The Morgan fingerprint density at radius 1 is 1.16 bits per heavy atom. The van der Waals surface area contributed by atoms with Gasteiger partial charge in [-0.3, -0.25) is 4.90 Å². The van der Waals surface area contributed by atoms with Gasteiger partial charge in [0, 0.05) is 31.7 Å². The molecule has 104 valence electrons. The molecule has 0 saturated heterocycles. The van der Waals surface area contributed by atoms with Crippen LogP contribution in [-0.4, -0.2) is 36.6 Å². The standard InChI is InChI=1S/C17H26N2/c1-2-17(13-18-16-7-8-16)19-11-9-14-5-3-4-6-15(14)10-12-19/h3-6,16-18H,2,7-13H2,1H3. The van der Waals surface area contributed by atoms with Crippen LogP contribution in [0.15, 0.2) is 24.3 Å². The van der Waals surface area contributed by atoms with Crippen molar-refractivity contribution in [1.82, 2.24) is 10.2 Å². The summed E-state index contributed by atoms with van der Waals surface area (Å²) in [5.74, 6) is 0. The minimum absolute atomic E-state index is 0.718. The largest absolute Gasteiger partial charge is 0.312 e. The fourth-order valence-electron chi connectivity index (χ4n) is 3.17. The van der Waals surface area contributed by atoms with Crippen LogP contribution in [0, 0.1) is 0 Å². The van der Waals surface area contributed by atoms with Gasteiger partial charge < -0.3 is 5.32 Å². The highest BCUT2D eigenvalue weighted by atomic mass is 15.2. The van der Waals surface area contributed by atoms with Crippen LogP contribution in [0.1, 0.15) is 37.3 Å². The third kappa shape index (κ3) is 3.37. The van der Waals surface area contributed by atoms with E-state index in [-0.39, 0.29) is 0 Å². The van der Waals surface area contributed by atoms with Crippen molar-refractivity contribution in [2.24, 2.45) is 0 Å². The molecule has 3 rings (SSSR count). The van der Waals surface area contributed by atoms with Crippen LogP contribution >= 0.6 is 0 Å². The Labute approximate surface area is 117 Å². The van der Waals surface area contributed by atoms with E-state index < -0.39 is 0 Å². The van der Waals surface area contributed by atoms with E-state index in [0.717, 1.165) is 12.1 Å². The maximum atomic E-state index is 3.70. The zero-order valence-corrected chi connectivity index (χ0v) is 12.1. The number of hydrogen-bond acceptors (Lipinski definition) is 2. The van der Waals surface area contributed by atoms with Crippen molar-refractivity contribution in [3.8, 4) is 0 Å². The predicted molar refractivity (Wildman–Crippen MR) is 80.5 cm³/mol. The van der Waals surface area contributed by atoms with E-state index in [1.807, 2.05) is 0 Å². The number of nitrogens with zero attached hydrogens (tertiary/aromatic N) is 1. The van der Waals surface area contributed by atoms with Crippen LogP contribution in [0.25, 0.3) is 0 Å². The third-order valence-corrected chi connectivity index (χ3v) is 4.66. The van der Waals surface area contributed by atoms with E-state index in [1.165, 1.54) is 51.7 Å². The van der Waals surface area contributed by atoms with Crippen molar-refractivity contribution in [3.05, 3.63) is 35.4 Å². The summed E-state index contributed by atoms with van der Waals surface area (Å²) in [4.78, 5) is 2.70. The average Bonchev–Trinajstić information content (AvgIpc) is 3.26. The van der Waals surface area contributed by atoms with Gasteiger partial charge in [0.05, 0.1) is 0 Å². The molecule has 1 aliphatic heterocycles. The van der Waals surface area contributed by atoms with Crippen molar-refractivity contribution in [2.75, 3.05) is 19.6 Å². The van der Waals surface area contributed by atoms with Gasteiger partial charge in [-0.1, -0.05) is 31.2 Å². The Morgan fingerprint density at radius 3 is 2.32 bits per heavy atom. The molecule has 1 aliphatic carbocycles. The molecule has 0 amide bonds. The number of nitrogens with one attached hydrogen (secondary N) is 1. The second kappa shape index (κ2) is 6.06. The van der Waals surface area contributed by atoms with E-state index >= 15 is 0 Å². The van der Waals surface area contributed by atoms with Gasteiger partial charge >= 0.3 is 0 Å². The third-order valence-electron chi connectivity index (χ3n) is 4.66. The normalized spacial score (nSPS) is 21.7. The quantitative estimate of drug-likeness (QED) is 0.873. The molecular formula is C17H26N2. The summed E-state index contributed by atoms with van der Waals surface area (Å²) in [6.45, 7) is 5.96. The van der Waals surface area contributed by atoms with Crippen LogP contribution in [0.4, 0.5) is 0 Å². The SMILES string of the molecule is CCC(CNC1CC1)N1CCc2ccccc2CC1. The van der Waals surface area contributed by atoms with E-state index in [4.69, 9.17) is 0 Å². The molecule has 1 aromatic rings. The molecule has 0 radical (unpaired) electrons.